The van der Waals surface area contributed by atoms with Gasteiger partial charge in [-0.3, -0.25) is 11.5 Å². The number of benzene rings is 1. The van der Waals surface area contributed by atoms with Crippen molar-refractivity contribution >= 4 is 29.4 Å². The van der Waals surface area contributed by atoms with E-state index in [-0.39, 0.29) is 12.4 Å². The topological polar surface area (TPSA) is 111 Å². The molecular formula is C11H16ClN5O2. The van der Waals surface area contributed by atoms with Gasteiger partial charge in [-0.25, -0.2) is 4.98 Å². The standard InChI is InChI=1S/C11H15N5O2.ClH/c12-10(13)16-11-14-6-4-8-9(5-7(6)15-11)18-3-1-2-17-8;/h4-5,10H,1-3,12-13H2,(H2,14,15,16);1H. The molecule has 104 valence electrons. The van der Waals surface area contributed by atoms with Crippen LogP contribution in [0.25, 0.3) is 11.0 Å². The normalized spacial score (nSPS) is 14.1. The molecule has 0 fully saturated rings. The lowest BCUT2D eigenvalue weighted by molar-refractivity contribution is 0.297. The summed E-state index contributed by atoms with van der Waals surface area (Å²) in [6, 6.07) is 3.72. The van der Waals surface area contributed by atoms with Gasteiger partial charge in [0, 0.05) is 18.6 Å². The van der Waals surface area contributed by atoms with Crippen LogP contribution in [0.5, 0.6) is 11.5 Å². The Morgan fingerprint density at radius 1 is 1.21 bits per heavy atom. The van der Waals surface area contributed by atoms with Crippen molar-refractivity contribution in [2.75, 3.05) is 18.5 Å². The number of aromatic nitrogens is 2. The van der Waals surface area contributed by atoms with Gasteiger partial charge in [0.1, 0.15) is 6.29 Å². The second-order valence-corrected chi connectivity index (χ2v) is 4.12. The molecule has 0 spiro atoms. The summed E-state index contributed by atoms with van der Waals surface area (Å²) in [4.78, 5) is 7.41. The number of rotatable bonds is 2. The number of halogens is 1. The van der Waals surface area contributed by atoms with Gasteiger partial charge < -0.3 is 19.8 Å². The minimum Gasteiger partial charge on any atom is -0.489 e. The van der Waals surface area contributed by atoms with E-state index in [0.717, 1.165) is 29.0 Å². The number of aromatic amines is 1. The van der Waals surface area contributed by atoms with Gasteiger partial charge in [0.15, 0.2) is 11.5 Å². The SMILES string of the molecule is Cl.NC(N)Nc1nc2cc3c(cc2[nH]1)OCCCO3. The second-order valence-electron chi connectivity index (χ2n) is 4.12. The molecule has 1 aromatic heterocycles. The summed E-state index contributed by atoms with van der Waals surface area (Å²) >= 11 is 0. The summed E-state index contributed by atoms with van der Waals surface area (Å²) in [5.74, 6) is 1.97. The van der Waals surface area contributed by atoms with Gasteiger partial charge in [0.2, 0.25) is 5.95 Å². The van der Waals surface area contributed by atoms with E-state index in [0.29, 0.717) is 19.2 Å². The monoisotopic (exact) mass is 285 g/mol. The lowest BCUT2D eigenvalue weighted by Crippen LogP contribution is -2.38. The molecule has 1 aliphatic heterocycles. The molecule has 0 aliphatic carbocycles. The molecule has 0 bridgehead atoms. The van der Waals surface area contributed by atoms with Gasteiger partial charge in [-0.15, -0.1) is 12.4 Å². The Hall–Kier alpha value is -1.70. The fourth-order valence-electron chi connectivity index (χ4n) is 1.89. The van der Waals surface area contributed by atoms with E-state index in [2.05, 4.69) is 15.3 Å². The maximum atomic E-state index is 5.60. The number of hydrogen-bond acceptors (Lipinski definition) is 6. The van der Waals surface area contributed by atoms with Crippen molar-refractivity contribution in [3.8, 4) is 11.5 Å². The van der Waals surface area contributed by atoms with Crippen LogP contribution in [0.15, 0.2) is 12.1 Å². The summed E-state index contributed by atoms with van der Waals surface area (Å²) in [6.45, 7) is 1.31. The number of nitrogens with one attached hydrogen (secondary N) is 2. The molecule has 0 atom stereocenters. The number of fused-ring (bicyclic) bond motifs is 2. The number of nitrogens with two attached hydrogens (primary N) is 2. The first-order valence-electron chi connectivity index (χ1n) is 5.79. The zero-order valence-corrected chi connectivity index (χ0v) is 11.0. The molecule has 19 heavy (non-hydrogen) atoms. The van der Waals surface area contributed by atoms with Crippen LogP contribution in [0.4, 0.5) is 5.95 Å². The summed E-state index contributed by atoms with van der Waals surface area (Å²) in [5, 5.41) is 2.80. The van der Waals surface area contributed by atoms with Gasteiger partial charge in [0.05, 0.1) is 24.2 Å². The van der Waals surface area contributed by atoms with Crippen LogP contribution < -0.4 is 26.3 Å². The van der Waals surface area contributed by atoms with Crippen molar-refractivity contribution in [1.29, 1.82) is 0 Å². The quantitative estimate of drug-likeness (QED) is 0.606. The van der Waals surface area contributed by atoms with Gasteiger partial charge >= 0.3 is 0 Å². The van der Waals surface area contributed by atoms with Crippen LogP contribution in [-0.4, -0.2) is 29.5 Å². The summed E-state index contributed by atoms with van der Waals surface area (Å²) in [7, 11) is 0. The fraction of sp³-hybridized carbons (Fsp3) is 0.364. The Bertz CT molecular complexity index is 528. The first-order valence-corrected chi connectivity index (χ1v) is 5.79. The van der Waals surface area contributed by atoms with E-state index >= 15 is 0 Å². The Morgan fingerprint density at radius 3 is 2.58 bits per heavy atom. The Balaban J connectivity index is 0.00000133. The van der Waals surface area contributed by atoms with Gasteiger partial charge in [-0.2, -0.15) is 0 Å². The van der Waals surface area contributed by atoms with Crippen LogP contribution >= 0.6 is 12.4 Å². The number of nitrogens with zero attached hydrogens (tertiary/aromatic N) is 1. The smallest absolute Gasteiger partial charge is 0.203 e. The van der Waals surface area contributed by atoms with Crippen LogP contribution in [0.1, 0.15) is 6.42 Å². The zero-order chi connectivity index (χ0) is 12.5. The molecule has 2 aromatic rings. The first kappa shape index (κ1) is 13.7. The predicted octanol–water partition coefficient (Wildman–Crippen LogP) is 0.759. The summed E-state index contributed by atoms with van der Waals surface area (Å²) < 4.78 is 11.2. The average molecular weight is 286 g/mol. The lowest BCUT2D eigenvalue weighted by Gasteiger charge is -2.05. The second kappa shape index (κ2) is 5.52. The van der Waals surface area contributed by atoms with E-state index in [4.69, 9.17) is 20.9 Å². The maximum absolute atomic E-state index is 5.60. The van der Waals surface area contributed by atoms with E-state index in [9.17, 15) is 0 Å². The van der Waals surface area contributed by atoms with Gasteiger partial charge in [-0.05, 0) is 0 Å². The summed E-state index contributed by atoms with van der Waals surface area (Å²) in [6.07, 6.45) is 0.223. The van der Waals surface area contributed by atoms with E-state index in [1.165, 1.54) is 0 Å². The van der Waals surface area contributed by atoms with Crippen molar-refractivity contribution < 1.29 is 9.47 Å². The van der Waals surface area contributed by atoms with E-state index in [1.807, 2.05) is 12.1 Å². The number of ether oxygens (including phenoxy) is 2. The molecular weight excluding hydrogens is 270 g/mol. The van der Waals surface area contributed by atoms with Crippen LogP contribution in [0.2, 0.25) is 0 Å². The number of anilines is 1. The molecule has 2 heterocycles. The van der Waals surface area contributed by atoms with Crippen LogP contribution in [0.3, 0.4) is 0 Å². The van der Waals surface area contributed by atoms with E-state index in [1.54, 1.807) is 0 Å². The zero-order valence-electron chi connectivity index (χ0n) is 10.2. The van der Waals surface area contributed by atoms with Gasteiger partial charge in [-0.1, -0.05) is 0 Å². The highest BCUT2D eigenvalue weighted by atomic mass is 35.5. The number of H-pyrrole nitrogens is 1. The van der Waals surface area contributed by atoms with Crippen LogP contribution in [-0.2, 0) is 0 Å². The molecule has 0 amide bonds. The molecule has 0 unspecified atom stereocenters. The third kappa shape index (κ3) is 2.83. The Labute approximate surface area is 116 Å². The molecule has 3 rings (SSSR count). The molecule has 0 saturated carbocycles. The van der Waals surface area contributed by atoms with Crippen molar-refractivity contribution in [2.45, 2.75) is 12.7 Å². The largest absolute Gasteiger partial charge is 0.489 e. The Morgan fingerprint density at radius 2 is 1.89 bits per heavy atom. The highest BCUT2D eigenvalue weighted by molar-refractivity contribution is 5.85. The summed E-state index contributed by atoms with van der Waals surface area (Å²) in [5.41, 5.74) is 12.5. The molecule has 6 N–H and O–H groups in total. The highest BCUT2D eigenvalue weighted by Gasteiger charge is 2.14. The van der Waals surface area contributed by atoms with E-state index < -0.39 is 6.29 Å². The average Bonchev–Trinajstić information content (AvgIpc) is 2.54. The van der Waals surface area contributed by atoms with Crippen molar-refractivity contribution in [3.63, 3.8) is 0 Å². The fourth-order valence-corrected chi connectivity index (χ4v) is 1.89. The molecule has 0 saturated heterocycles. The molecule has 8 heteroatoms. The third-order valence-corrected chi connectivity index (χ3v) is 2.65. The molecule has 1 aromatic carbocycles. The molecule has 0 radical (unpaired) electrons. The third-order valence-electron chi connectivity index (χ3n) is 2.65. The van der Waals surface area contributed by atoms with Crippen LogP contribution in [0, 0.1) is 0 Å². The number of hydrogen-bond donors (Lipinski definition) is 4. The number of imidazole rings is 1. The Kier molecular flexibility index (Phi) is 3.98. The lowest BCUT2D eigenvalue weighted by atomic mass is 10.3. The van der Waals surface area contributed by atoms with Gasteiger partial charge in [0.25, 0.3) is 0 Å². The maximum Gasteiger partial charge on any atom is 0.203 e. The van der Waals surface area contributed by atoms with Crippen molar-refractivity contribution in [3.05, 3.63) is 12.1 Å². The minimum atomic E-state index is -0.657. The first-order chi connectivity index (χ1) is 8.72. The minimum absolute atomic E-state index is 0. The van der Waals surface area contributed by atoms with Crippen molar-refractivity contribution in [1.82, 2.24) is 9.97 Å². The van der Waals surface area contributed by atoms with Crippen molar-refractivity contribution in [2.24, 2.45) is 11.5 Å². The highest BCUT2D eigenvalue weighted by Crippen LogP contribution is 2.33. The predicted molar refractivity (Wildman–Crippen MR) is 74.7 cm³/mol. The molecule has 1 aliphatic rings. The molecule has 7 nitrogen and oxygen atoms in total.